The number of ether oxygens (including phenoxy) is 1. The number of benzene rings is 1. The number of halogens is 2. The molecule has 0 aliphatic carbocycles. The van der Waals surface area contributed by atoms with Gasteiger partial charge in [-0.25, -0.2) is 8.42 Å². The molecule has 0 spiro atoms. The van der Waals surface area contributed by atoms with Gasteiger partial charge < -0.3 is 9.84 Å². The van der Waals surface area contributed by atoms with E-state index in [9.17, 15) is 13.5 Å². The third-order valence-corrected chi connectivity index (χ3v) is 4.92. The van der Waals surface area contributed by atoms with Crippen LogP contribution in [0, 0.1) is 0 Å². The minimum atomic E-state index is -3.21. The van der Waals surface area contributed by atoms with Crippen LogP contribution in [0.25, 0.3) is 0 Å². The summed E-state index contributed by atoms with van der Waals surface area (Å²) in [4.78, 5) is 0. The maximum atomic E-state index is 11.3. The Kier molecular flexibility index (Phi) is 3.68. The SMILES string of the molecule is O=S1(=O)CC(O)C(Oc2ccc(Br)cc2Cl)C1. The van der Waals surface area contributed by atoms with Gasteiger partial charge in [-0.1, -0.05) is 27.5 Å². The van der Waals surface area contributed by atoms with Gasteiger partial charge in [-0.15, -0.1) is 0 Å². The van der Waals surface area contributed by atoms with Crippen LogP contribution >= 0.6 is 27.5 Å². The third kappa shape index (κ3) is 3.13. The van der Waals surface area contributed by atoms with Crippen LogP contribution in [0.15, 0.2) is 22.7 Å². The molecule has 1 aromatic carbocycles. The Bertz CT molecular complexity index is 531. The summed E-state index contributed by atoms with van der Waals surface area (Å²) < 4.78 is 28.8. The molecule has 1 aromatic rings. The van der Waals surface area contributed by atoms with Crippen molar-refractivity contribution in [2.75, 3.05) is 11.5 Å². The normalized spacial score (nSPS) is 27.0. The molecule has 94 valence electrons. The number of hydrogen-bond acceptors (Lipinski definition) is 4. The molecule has 1 aliphatic rings. The first kappa shape index (κ1) is 13.1. The van der Waals surface area contributed by atoms with Crippen LogP contribution < -0.4 is 4.74 Å². The first-order chi connectivity index (χ1) is 7.87. The molecule has 1 heterocycles. The van der Waals surface area contributed by atoms with E-state index in [1.54, 1.807) is 18.2 Å². The van der Waals surface area contributed by atoms with E-state index in [0.29, 0.717) is 10.8 Å². The van der Waals surface area contributed by atoms with Gasteiger partial charge in [0.05, 0.1) is 16.5 Å². The van der Waals surface area contributed by atoms with Crippen molar-refractivity contribution in [1.29, 1.82) is 0 Å². The maximum absolute atomic E-state index is 11.3. The highest BCUT2D eigenvalue weighted by atomic mass is 79.9. The van der Waals surface area contributed by atoms with Crippen molar-refractivity contribution in [2.24, 2.45) is 0 Å². The van der Waals surface area contributed by atoms with Crippen LogP contribution in [-0.4, -0.2) is 37.2 Å². The van der Waals surface area contributed by atoms with Gasteiger partial charge in [0.25, 0.3) is 0 Å². The molecule has 0 saturated carbocycles. The average Bonchev–Trinajstić information content (AvgIpc) is 2.44. The predicted molar refractivity (Wildman–Crippen MR) is 68.2 cm³/mol. The van der Waals surface area contributed by atoms with Crippen LogP contribution in [0.2, 0.25) is 5.02 Å². The van der Waals surface area contributed by atoms with E-state index < -0.39 is 22.0 Å². The van der Waals surface area contributed by atoms with Gasteiger partial charge in [-0.2, -0.15) is 0 Å². The lowest BCUT2D eigenvalue weighted by Gasteiger charge is -2.16. The second kappa shape index (κ2) is 4.76. The van der Waals surface area contributed by atoms with Crippen LogP contribution in [0.4, 0.5) is 0 Å². The molecular weight excluding hydrogens is 332 g/mol. The lowest BCUT2D eigenvalue weighted by atomic mass is 10.2. The van der Waals surface area contributed by atoms with Gasteiger partial charge in [-0.05, 0) is 18.2 Å². The smallest absolute Gasteiger partial charge is 0.156 e. The summed E-state index contributed by atoms with van der Waals surface area (Å²) in [5.41, 5.74) is 0. The highest BCUT2D eigenvalue weighted by Crippen LogP contribution is 2.30. The Morgan fingerprint density at radius 2 is 2.12 bits per heavy atom. The fraction of sp³-hybridized carbons (Fsp3) is 0.400. The van der Waals surface area contributed by atoms with Crippen molar-refractivity contribution in [2.45, 2.75) is 12.2 Å². The van der Waals surface area contributed by atoms with Crippen LogP contribution in [0.5, 0.6) is 5.75 Å². The zero-order valence-electron chi connectivity index (χ0n) is 8.64. The topological polar surface area (TPSA) is 63.6 Å². The number of rotatable bonds is 2. The zero-order chi connectivity index (χ0) is 12.6. The predicted octanol–water partition coefficient (Wildman–Crippen LogP) is 1.64. The van der Waals surface area contributed by atoms with E-state index in [0.717, 1.165) is 4.47 Å². The van der Waals surface area contributed by atoms with E-state index >= 15 is 0 Å². The lowest BCUT2D eigenvalue weighted by molar-refractivity contribution is 0.0738. The van der Waals surface area contributed by atoms with Crippen molar-refractivity contribution in [3.8, 4) is 5.75 Å². The quantitative estimate of drug-likeness (QED) is 0.888. The summed E-state index contributed by atoms with van der Waals surface area (Å²) in [5, 5.41) is 9.95. The lowest BCUT2D eigenvalue weighted by Crippen LogP contribution is -2.29. The van der Waals surface area contributed by atoms with E-state index in [-0.39, 0.29) is 11.5 Å². The van der Waals surface area contributed by atoms with Crippen molar-refractivity contribution >= 4 is 37.4 Å². The summed E-state index contributed by atoms with van der Waals surface area (Å²) in [6.45, 7) is 0. The first-order valence-corrected chi connectivity index (χ1v) is 7.87. The monoisotopic (exact) mass is 340 g/mol. The molecule has 1 aliphatic heterocycles. The van der Waals surface area contributed by atoms with E-state index in [1.807, 2.05) is 0 Å². The minimum Gasteiger partial charge on any atom is -0.485 e. The van der Waals surface area contributed by atoms with E-state index in [2.05, 4.69) is 15.9 Å². The molecule has 1 fully saturated rings. The molecule has 0 amide bonds. The standard InChI is InChI=1S/C10H10BrClO4S/c11-6-1-2-9(7(12)3-6)16-10-5-17(14,15)4-8(10)13/h1-3,8,10,13H,4-5H2. The zero-order valence-corrected chi connectivity index (χ0v) is 11.8. The minimum absolute atomic E-state index is 0.180. The van der Waals surface area contributed by atoms with E-state index in [1.165, 1.54) is 0 Å². The van der Waals surface area contributed by atoms with Gasteiger partial charge in [0, 0.05) is 4.47 Å². The van der Waals surface area contributed by atoms with Crippen molar-refractivity contribution in [3.05, 3.63) is 27.7 Å². The molecule has 7 heteroatoms. The molecule has 1 saturated heterocycles. The van der Waals surface area contributed by atoms with Gasteiger partial charge in [0.15, 0.2) is 9.84 Å². The molecule has 0 aromatic heterocycles. The highest BCUT2D eigenvalue weighted by Gasteiger charge is 2.38. The number of aliphatic hydroxyl groups excluding tert-OH is 1. The molecule has 2 rings (SSSR count). The van der Waals surface area contributed by atoms with Crippen LogP contribution in [0.3, 0.4) is 0 Å². The Morgan fingerprint density at radius 1 is 1.41 bits per heavy atom. The maximum Gasteiger partial charge on any atom is 0.156 e. The molecule has 0 bridgehead atoms. The van der Waals surface area contributed by atoms with Crippen LogP contribution in [0.1, 0.15) is 0 Å². The summed E-state index contributed by atoms with van der Waals surface area (Å²) in [6.07, 6.45) is -1.75. The Hall–Kier alpha value is -0.300. The van der Waals surface area contributed by atoms with Crippen molar-refractivity contribution in [1.82, 2.24) is 0 Å². The number of hydrogen-bond donors (Lipinski definition) is 1. The Morgan fingerprint density at radius 3 is 2.65 bits per heavy atom. The van der Waals surface area contributed by atoms with Gasteiger partial charge >= 0.3 is 0 Å². The summed E-state index contributed by atoms with van der Waals surface area (Å²) in [6, 6.07) is 5.01. The number of sulfone groups is 1. The van der Waals surface area contributed by atoms with Crippen LogP contribution in [-0.2, 0) is 9.84 Å². The first-order valence-electron chi connectivity index (χ1n) is 4.87. The molecule has 17 heavy (non-hydrogen) atoms. The van der Waals surface area contributed by atoms with Crippen molar-refractivity contribution in [3.63, 3.8) is 0 Å². The second-order valence-corrected chi connectivity index (χ2v) is 7.35. The molecule has 2 unspecified atom stereocenters. The van der Waals surface area contributed by atoms with Crippen molar-refractivity contribution < 1.29 is 18.3 Å². The Labute approximate surface area is 113 Å². The van der Waals surface area contributed by atoms with Gasteiger partial charge in [0.1, 0.15) is 18.0 Å². The van der Waals surface area contributed by atoms with E-state index in [4.69, 9.17) is 16.3 Å². The average molecular weight is 342 g/mol. The van der Waals surface area contributed by atoms with Gasteiger partial charge in [-0.3, -0.25) is 0 Å². The summed E-state index contributed by atoms with van der Waals surface area (Å²) in [7, 11) is -3.21. The summed E-state index contributed by atoms with van der Waals surface area (Å²) >= 11 is 9.19. The number of aliphatic hydroxyl groups is 1. The second-order valence-electron chi connectivity index (χ2n) is 3.88. The fourth-order valence-corrected chi connectivity index (χ4v) is 4.02. The third-order valence-electron chi connectivity index (χ3n) is 2.44. The largest absolute Gasteiger partial charge is 0.485 e. The summed E-state index contributed by atoms with van der Waals surface area (Å²) in [5.74, 6) is -0.0668. The molecular formula is C10H10BrClO4S. The Balaban J connectivity index is 2.17. The molecule has 4 nitrogen and oxygen atoms in total. The fourth-order valence-electron chi connectivity index (χ4n) is 1.64. The molecule has 0 radical (unpaired) electrons. The highest BCUT2D eigenvalue weighted by molar-refractivity contribution is 9.10. The molecule has 2 atom stereocenters. The van der Waals surface area contributed by atoms with Gasteiger partial charge in [0.2, 0.25) is 0 Å². The molecule has 1 N–H and O–H groups in total.